The van der Waals surface area contributed by atoms with E-state index in [1.807, 2.05) is 37.3 Å². The van der Waals surface area contributed by atoms with E-state index in [2.05, 4.69) is 5.32 Å². The zero-order valence-electron chi connectivity index (χ0n) is 12.7. The summed E-state index contributed by atoms with van der Waals surface area (Å²) >= 11 is 0. The van der Waals surface area contributed by atoms with Crippen LogP contribution < -0.4 is 20.5 Å². The highest BCUT2D eigenvalue weighted by Crippen LogP contribution is 2.27. The minimum atomic E-state index is -0.579. The second-order valence-corrected chi connectivity index (χ2v) is 4.78. The Labute approximate surface area is 130 Å². The molecule has 2 aromatic rings. The molecule has 2 rings (SSSR count). The number of anilines is 2. The van der Waals surface area contributed by atoms with Crippen LogP contribution in [0.1, 0.15) is 13.3 Å². The van der Waals surface area contributed by atoms with Crippen molar-refractivity contribution in [1.29, 1.82) is 0 Å². The van der Waals surface area contributed by atoms with Gasteiger partial charge in [-0.1, -0.05) is 25.1 Å². The van der Waals surface area contributed by atoms with Gasteiger partial charge in [0.15, 0.2) is 6.10 Å². The number of carbonyl (C=O) groups excluding carboxylic acids is 1. The predicted octanol–water partition coefficient (Wildman–Crippen LogP) is 3.07. The lowest BCUT2D eigenvalue weighted by atomic mass is 10.2. The lowest BCUT2D eigenvalue weighted by Gasteiger charge is -2.18. The van der Waals surface area contributed by atoms with Crippen molar-refractivity contribution in [1.82, 2.24) is 0 Å². The fraction of sp³-hybridized carbons (Fsp3) is 0.235. The molecule has 0 saturated carbocycles. The first kappa shape index (κ1) is 15.7. The van der Waals surface area contributed by atoms with Crippen molar-refractivity contribution < 1.29 is 14.3 Å². The Morgan fingerprint density at radius 1 is 1.23 bits per heavy atom. The van der Waals surface area contributed by atoms with Crippen LogP contribution in [-0.2, 0) is 4.79 Å². The smallest absolute Gasteiger partial charge is 0.265 e. The quantitative estimate of drug-likeness (QED) is 0.804. The van der Waals surface area contributed by atoms with Crippen LogP contribution in [0.15, 0.2) is 48.5 Å². The van der Waals surface area contributed by atoms with Gasteiger partial charge in [0.1, 0.15) is 11.5 Å². The molecule has 22 heavy (non-hydrogen) atoms. The second kappa shape index (κ2) is 7.36. The highest BCUT2D eigenvalue weighted by Gasteiger charge is 2.19. The van der Waals surface area contributed by atoms with Crippen LogP contribution in [-0.4, -0.2) is 19.1 Å². The summed E-state index contributed by atoms with van der Waals surface area (Å²) in [5.41, 5.74) is 6.84. The molecule has 0 radical (unpaired) electrons. The van der Waals surface area contributed by atoms with Crippen LogP contribution >= 0.6 is 0 Å². The molecule has 0 heterocycles. The average molecular weight is 300 g/mol. The number of methoxy groups -OCH3 is 1. The molecule has 0 aliphatic heterocycles. The number of rotatable bonds is 6. The van der Waals surface area contributed by atoms with E-state index < -0.39 is 6.10 Å². The lowest BCUT2D eigenvalue weighted by Crippen LogP contribution is -2.32. The first-order valence-electron chi connectivity index (χ1n) is 7.10. The van der Waals surface area contributed by atoms with Crippen LogP contribution in [0.2, 0.25) is 0 Å². The Morgan fingerprint density at radius 3 is 2.59 bits per heavy atom. The summed E-state index contributed by atoms with van der Waals surface area (Å²) in [5, 5.41) is 2.82. The first-order chi connectivity index (χ1) is 10.6. The van der Waals surface area contributed by atoms with Gasteiger partial charge in [-0.2, -0.15) is 0 Å². The maximum atomic E-state index is 12.4. The van der Waals surface area contributed by atoms with Gasteiger partial charge in [0.25, 0.3) is 5.91 Å². The molecule has 0 aromatic heterocycles. The first-order valence-corrected chi connectivity index (χ1v) is 7.10. The highest BCUT2D eigenvalue weighted by molar-refractivity contribution is 5.95. The number of nitrogens with two attached hydrogens (primary N) is 1. The SMILES string of the molecule is CCC(Oc1ccccc1)C(=O)Nc1ccc(N)cc1OC. The van der Waals surface area contributed by atoms with Gasteiger partial charge in [0.2, 0.25) is 0 Å². The number of hydrogen-bond donors (Lipinski definition) is 2. The van der Waals surface area contributed by atoms with Crippen molar-refractivity contribution in [2.24, 2.45) is 0 Å². The summed E-state index contributed by atoms with van der Waals surface area (Å²) < 4.78 is 10.9. The molecular weight excluding hydrogens is 280 g/mol. The molecule has 5 nitrogen and oxygen atoms in total. The zero-order chi connectivity index (χ0) is 15.9. The molecule has 0 fully saturated rings. The predicted molar refractivity (Wildman–Crippen MR) is 87.2 cm³/mol. The van der Waals surface area contributed by atoms with Gasteiger partial charge in [-0.3, -0.25) is 4.79 Å². The van der Waals surface area contributed by atoms with E-state index in [0.29, 0.717) is 29.3 Å². The zero-order valence-corrected chi connectivity index (χ0v) is 12.7. The third-order valence-electron chi connectivity index (χ3n) is 3.17. The number of carbonyl (C=O) groups is 1. The van der Waals surface area contributed by atoms with Crippen molar-refractivity contribution in [3.8, 4) is 11.5 Å². The summed E-state index contributed by atoms with van der Waals surface area (Å²) in [4.78, 5) is 12.4. The number of nitrogens with one attached hydrogen (secondary N) is 1. The van der Waals surface area contributed by atoms with Crippen LogP contribution in [0.25, 0.3) is 0 Å². The molecule has 0 aliphatic rings. The van der Waals surface area contributed by atoms with Gasteiger partial charge >= 0.3 is 0 Å². The summed E-state index contributed by atoms with van der Waals surface area (Å²) in [6.45, 7) is 1.90. The van der Waals surface area contributed by atoms with Gasteiger partial charge in [-0.05, 0) is 30.7 Å². The lowest BCUT2D eigenvalue weighted by molar-refractivity contribution is -0.122. The Bertz CT molecular complexity index is 629. The molecule has 116 valence electrons. The fourth-order valence-corrected chi connectivity index (χ4v) is 2.01. The van der Waals surface area contributed by atoms with E-state index in [1.165, 1.54) is 7.11 Å². The molecule has 2 aromatic carbocycles. The van der Waals surface area contributed by atoms with Gasteiger partial charge in [-0.25, -0.2) is 0 Å². The molecule has 5 heteroatoms. The maximum absolute atomic E-state index is 12.4. The van der Waals surface area contributed by atoms with Gasteiger partial charge < -0.3 is 20.5 Å². The molecule has 0 aliphatic carbocycles. The number of nitrogen functional groups attached to an aromatic ring is 1. The third kappa shape index (κ3) is 3.91. The second-order valence-electron chi connectivity index (χ2n) is 4.78. The monoisotopic (exact) mass is 300 g/mol. The minimum Gasteiger partial charge on any atom is -0.494 e. The Morgan fingerprint density at radius 2 is 1.95 bits per heavy atom. The van der Waals surface area contributed by atoms with Crippen molar-refractivity contribution in [3.05, 3.63) is 48.5 Å². The molecule has 0 bridgehead atoms. The van der Waals surface area contributed by atoms with Crippen molar-refractivity contribution in [3.63, 3.8) is 0 Å². The van der Waals surface area contributed by atoms with Crippen molar-refractivity contribution in [2.75, 3.05) is 18.2 Å². The van der Waals surface area contributed by atoms with Crippen LogP contribution in [0.5, 0.6) is 11.5 Å². The van der Waals surface area contributed by atoms with E-state index in [4.69, 9.17) is 15.2 Å². The number of benzene rings is 2. The topological polar surface area (TPSA) is 73.6 Å². The standard InChI is InChI=1S/C17H20N2O3/c1-3-15(22-13-7-5-4-6-8-13)17(20)19-14-10-9-12(18)11-16(14)21-2/h4-11,15H,3,18H2,1-2H3,(H,19,20). The molecule has 0 spiro atoms. The average Bonchev–Trinajstić information content (AvgIpc) is 2.55. The fourth-order valence-electron chi connectivity index (χ4n) is 2.01. The van der Waals surface area contributed by atoms with Gasteiger partial charge in [-0.15, -0.1) is 0 Å². The summed E-state index contributed by atoms with van der Waals surface area (Å²) in [5.74, 6) is 0.950. The van der Waals surface area contributed by atoms with Crippen LogP contribution in [0, 0.1) is 0 Å². The summed E-state index contributed by atoms with van der Waals surface area (Å²) in [7, 11) is 1.53. The third-order valence-corrected chi connectivity index (χ3v) is 3.17. The Hall–Kier alpha value is -2.69. The largest absolute Gasteiger partial charge is 0.494 e. The summed E-state index contributed by atoms with van der Waals surface area (Å²) in [6, 6.07) is 14.3. The van der Waals surface area contributed by atoms with Crippen molar-refractivity contribution in [2.45, 2.75) is 19.4 Å². The molecule has 3 N–H and O–H groups in total. The molecular formula is C17H20N2O3. The van der Waals surface area contributed by atoms with E-state index in [0.717, 1.165) is 0 Å². The molecule has 1 unspecified atom stereocenters. The van der Waals surface area contributed by atoms with E-state index in [-0.39, 0.29) is 5.91 Å². The number of ether oxygens (including phenoxy) is 2. The highest BCUT2D eigenvalue weighted by atomic mass is 16.5. The van der Waals surface area contributed by atoms with Crippen molar-refractivity contribution >= 4 is 17.3 Å². The maximum Gasteiger partial charge on any atom is 0.265 e. The normalized spacial score (nSPS) is 11.5. The molecule has 1 amide bonds. The Balaban J connectivity index is 2.09. The number of amides is 1. The van der Waals surface area contributed by atoms with Gasteiger partial charge in [0.05, 0.1) is 12.8 Å². The van der Waals surface area contributed by atoms with Crippen LogP contribution in [0.3, 0.4) is 0 Å². The number of para-hydroxylation sites is 1. The molecule has 0 saturated heterocycles. The van der Waals surface area contributed by atoms with Crippen LogP contribution in [0.4, 0.5) is 11.4 Å². The summed E-state index contributed by atoms with van der Waals surface area (Å²) in [6.07, 6.45) is -0.0254. The number of hydrogen-bond acceptors (Lipinski definition) is 4. The van der Waals surface area contributed by atoms with E-state index in [9.17, 15) is 4.79 Å². The van der Waals surface area contributed by atoms with E-state index in [1.54, 1.807) is 18.2 Å². The Kier molecular flexibility index (Phi) is 5.25. The molecule has 1 atom stereocenters. The van der Waals surface area contributed by atoms with Gasteiger partial charge in [0, 0.05) is 11.8 Å². The van der Waals surface area contributed by atoms with E-state index >= 15 is 0 Å². The minimum absolute atomic E-state index is 0.227.